The first kappa shape index (κ1) is 11.0. The van der Waals surface area contributed by atoms with Crippen LogP contribution in [-0.4, -0.2) is 24.2 Å². The summed E-state index contributed by atoms with van der Waals surface area (Å²) in [5, 5.41) is 8.47. The second-order valence-electron chi connectivity index (χ2n) is 2.51. The highest BCUT2D eigenvalue weighted by atomic mass is 35.5. The van der Waals surface area contributed by atoms with E-state index in [2.05, 4.69) is 0 Å². The second-order valence-corrected chi connectivity index (χ2v) is 5.24. The van der Waals surface area contributed by atoms with Crippen LogP contribution in [0.25, 0.3) is 0 Å². The van der Waals surface area contributed by atoms with Crippen molar-refractivity contribution < 1.29 is 18.3 Å². The van der Waals surface area contributed by atoms with Gasteiger partial charge >= 0.3 is 5.97 Å². The van der Waals surface area contributed by atoms with Crippen molar-refractivity contribution in [2.75, 3.05) is 0 Å². The summed E-state index contributed by atoms with van der Waals surface area (Å²) in [5.41, 5.74) is 0. The lowest BCUT2D eigenvalue weighted by Gasteiger charge is -2.05. The summed E-state index contributed by atoms with van der Waals surface area (Å²) in [6, 6.07) is 7.22. The third-order valence-electron chi connectivity index (χ3n) is 1.54. The zero-order valence-corrected chi connectivity index (χ0v) is 8.49. The molecular formula is C8H7ClO4S. The Balaban J connectivity index is 3.16. The number of alkyl halides is 1. The summed E-state index contributed by atoms with van der Waals surface area (Å²) < 4.78 is 21.0. The molecule has 0 amide bonds. The van der Waals surface area contributed by atoms with E-state index in [9.17, 15) is 13.2 Å². The molecule has 0 aromatic heterocycles. The molecule has 0 spiro atoms. The van der Waals surface area contributed by atoms with Gasteiger partial charge in [0.25, 0.3) is 0 Å². The van der Waals surface area contributed by atoms with E-state index in [4.69, 9.17) is 16.7 Å². The number of carbonyl (C=O) groups is 1. The monoisotopic (exact) mass is 234 g/mol. The Bertz CT molecular complexity index is 426. The molecule has 0 aliphatic rings. The number of carboxylic acid groups (broad SMARTS) is 1. The van der Waals surface area contributed by atoms with Gasteiger partial charge in [-0.1, -0.05) is 29.8 Å². The summed E-state index contributed by atoms with van der Waals surface area (Å²) in [6.07, 6.45) is 0. The molecule has 1 unspecified atom stereocenters. The molecule has 1 atom stereocenters. The lowest BCUT2D eigenvalue weighted by Crippen LogP contribution is -2.24. The molecule has 4 nitrogen and oxygen atoms in total. The van der Waals surface area contributed by atoms with Crippen molar-refractivity contribution in [2.24, 2.45) is 0 Å². The number of halogens is 1. The lowest BCUT2D eigenvalue weighted by atomic mass is 10.4. The van der Waals surface area contributed by atoms with Crippen molar-refractivity contribution >= 4 is 27.4 Å². The van der Waals surface area contributed by atoms with Gasteiger partial charge in [0.1, 0.15) is 0 Å². The number of hydrogen-bond donors (Lipinski definition) is 1. The molecule has 0 heterocycles. The first-order chi connectivity index (χ1) is 6.46. The zero-order valence-electron chi connectivity index (χ0n) is 6.92. The first-order valence-electron chi connectivity index (χ1n) is 3.62. The molecule has 76 valence electrons. The average molecular weight is 235 g/mol. The van der Waals surface area contributed by atoms with Crippen molar-refractivity contribution in [1.82, 2.24) is 0 Å². The standard InChI is InChI=1S/C8H7ClO4S/c9-7(8(10)11)14(12,13)6-4-2-1-3-5-6/h1-5,7H,(H,10,11). The highest BCUT2D eigenvalue weighted by Crippen LogP contribution is 2.18. The number of carboxylic acids is 1. The third kappa shape index (κ3) is 2.05. The van der Waals surface area contributed by atoms with Crippen molar-refractivity contribution in [1.29, 1.82) is 0 Å². The molecule has 0 aliphatic carbocycles. The predicted molar refractivity (Wildman–Crippen MR) is 50.9 cm³/mol. The molecule has 6 heteroatoms. The van der Waals surface area contributed by atoms with Crippen LogP contribution >= 0.6 is 11.6 Å². The fourth-order valence-electron chi connectivity index (χ4n) is 0.862. The van der Waals surface area contributed by atoms with E-state index >= 15 is 0 Å². The molecule has 0 saturated heterocycles. The van der Waals surface area contributed by atoms with Crippen LogP contribution in [-0.2, 0) is 14.6 Å². The smallest absolute Gasteiger partial charge is 0.337 e. The van der Waals surface area contributed by atoms with Crippen LogP contribution in [0.1, 0.15) is 0 Å². The predicted octanol–water partition coefficient (Wildman–Crippen LogP) is 1.11. The quantitative estimate of drug-likeness (QED) is 0.796. The first-order valence-corrected chi connectivity index (χ1v) is 5.60. The molecule has 14 heavy (non-hydrogen) atoms. The minimum absolute atomic E-state index is 0.0950. The van der Waals surface area contributed by atoms with E-state index in [1.54, 1.807) is 6.07 Å². The summed E-state index contributed by atoms with van der Waals surface area (Å²) in [5.74, 6) is -1.57. The topological polar surface area (TPSA) is 71.4 Å². The van der Waals surface area contributed by atoms with E-state index < -0.39 is 20.5 Å². The van der Waals surface area contributed by atoms with Gasteiger partial charge in [-0.2, -0.15) is 0 Å². The second kappa shape index (κ2) is 3.98. The van der Waals surface area contributed by atoms with Crippen LogP contribution in [0, 0.1) is 0 Å². The van der Waals surface area contributed by atoms with Gasteiger partial charge in [0.2, 0.25) is 14.5 Å². The summed E-state index contributed by atoms with van der Waals surface area (Å²) in [7, 11) is -3.97. The molecule has 0 fully saturated rings. The van der Waals surface area contributed by atoms with Crippen LogP contribution in [0.15, 0.2) is 35.2 Å². The van der Waals surface area contributed by atoms with Gasteiger partial charge in [-0.05, 0) is 12.1 Å². The highest BCUT2D eigenvalue weighted by molar-refractivity contribution is 7.94. The number of sulfone groups is 1. The summed E-state index contributed by atoms with van der Waals surface area (Å²) in [4.78, 5) is 10.3. The van der Waals surface area contributed by atoms with Gasteiger partial charge in [0, 0.05) is 0 Å². The largest absolute Gasteiger partial charge is 0.479 e. The highest BCUT2D eigenvalue weighted by Gasteiger charge is 2.31. The zero-order chi connectivity index (χ0) is 10.8. The fourth-order valence-corrected chi connectivity index (χ4v) is 2.21. The number of benzene rings is 1. The molecule has 1 aromatic rings. The maximum atomic E-state index is 11.5. The Labute approximate surface area is 86.0 Å². The Morgan fingerprint density at radius 2 is 1.79 bits per heavy atom. The molecule has 0 bridgehead atoms. The SMILES string of the molecule is O=C(O)C(Cl)S(=O)(=O)c1ccccc1. The molecule has 1 rings (SSSR count). The van der Waals surface area contributed by atoms with Crippen LogP contribution in [0.4, 0.5) is 0 Å². The van der Waals surface area contributed by atoms with Gasteiger partial charge in [0.15, 0.2) is 0 Å². The number of aliphatic carboxylic acids is 1. The summed E-state index contributed by atoms with van der Waals surface area (Å²) >= 11 is 5.25. The van der Waals surface area contributed by atoms with E-state index in [0.29, 0.717) is 0 Å². The average Bonchev–Trinajstić information content (AvgIpc) is 2.18. The Morgan fingerprint density at radius 3 is 2.21 bits per heavy atom. The normalized spacial score (nSPS) is 13.5. The van der Waals surface area contributed by atoms with Crippen molar-refractivity contribution in [3.8, 4) is 0 Å². The summed E-state index contributed by atoms with van der Waals surface area (Å²) in [6.45, 7) is 0. The Morgan fingerprint density at radius 1 is 1.29 bits per heavy atom. The van der Waals surface area contributed by atoms with Crippen LogP contribution < -0.4 is 0 Å². The van der Waals surface area contributed by atoms with Crippen molar-refractivity contribution in [2.45, 2.75) is 9.60 Å². The number of hydrogen-bond acceptors (Lipinski definition) is 3. The minimum Gasteiger partial charge on any atom is -0.479 e. The van der Waals surface area contributed by atoms with Crippen LogP contribution in [0.3, 0.4) is 0 Å². The van der Waals surface area contributed by atoms with Gasteiger partial charge in [-0.3, -0.25) is 0 Å². The van der Waals surface area contributed by atoms with E-state index in [-0.39, 0.29) is 4.90 Å². The minimum atomic E-state index is -3.97. The van der Waals surface area contributed by atoms with Gasteiger partial charge < -0.3 is 5.11 Å². The van der Waals surface area contributed by atoms with Gasteiger partial charge in [-0.15, -0.1) is 0 Å². The van der Waals surface area contributed by atoms with Crippen LogP contribution in [0.5, 0.6) is 0 Å². The molecular weight excluding hydrogens is 228 g/mol. The molecule has 1 aromatic carbocycles. The molecule has 0 aliphatic heterocycles. The third-order valence-corrected chi connectivity index (χ3v) is 4.10. The maximum absolute atomic E-state index is 11.5. The van der Waals surface area contributed by atoms with Crippen LogP contribution in [0.2, 0.25) is 0 Å². The Kier molecular flexibility index (Phi) is 3.13. The van der Waals surface area contributed by atoms with E-state index in [1.807, 2.05) is 0 Å². The van der Waals surface area contributed by atoms with E-state index in [0.717, 1.165) is 0 Å². The van der Waals surface area contributed by atoms with Crippen molar-refractivity contribution in [3.05, 3.63) is 30.3 Å². The lowest BCUT2D eigenvalue weighted by molar-refractivity contribution is -0.134. The molecule has 1 N–H and O–H groups in total. The van der Waals surface area contributed by atoms with Crippen molar-refractivity contribution in [3.63, 3.8) is 0 Å². The van der Waals surface area contributed by atoms with Gasteiger partial charge in [0.05, 0.1) is 4.90 Å². The van der Waals surface area contributed by atoms with Gasteiger partial charge in [-0.25, -0.2) is 13.2 Å². The Hall–Kier alpha value is -1.07. The molecule has 0 saturated carbocycles. The van der Waals surface area contributed by atoms with E-state index in [1.165, 1.54) is 24.3 Å². The maximum Gasteiger partial charge on any atom is 0.337 e. The number of rotatable bonds is 3. The fraction of sp³-hybridized carbons (Fsp3) is 0.125. The molecule has 0 radical (unpaired) electrons.